The fourth-order valence-corrected chi connectivity index (χ4v) is 1.24. The van der Waals surface area contributed by atoms with Crippen LogP contribution >= 0.6 is 23.2 Å². The molecule has 0 saturated heterocycles. The second-order valence-electron chi connectivity index (χ2n) is 2.66. The lowest BCUT2D eigenvalue weighted by atomic mass is 10.0. The van der Waals surface area contributed by atoms with Crippen molar-refractivity contribution in [2.24, 2.45) is 5.73 Å². The van der Waals surface area contributed by atoms with Crippen molar-refractivity contribution in [2.45, 2.75) is 16.6 Å². The van der Waals surface area contributed by atoms with Crippen molar-refractivity contribution in [3.05, 3.63) is 23.8 Å². The summed E-state index contributed by atoms with van der Waals surface area (Å²) in [6.45, 7) is 0. The number of rotatable bonds is 0. The molecule has 1 aliphatic rings. The zero-order valence-electron chi connectivity index (χ0n) is 6.28. The number of halogens is 5. The molecule has 0 aromatic heterocycles. The molecule has 0 fully saturated rings. The first-order valence-electron chi connectivity index (χ1n) is 3.35. The predicted molar refractivity (Wildman–Crippen MR) is 45.7 cm³/mol. The zero-order chi connectivity index (χ0) is 10.3. The van der Waals surface area contributed by atoms with E-state index in [1.807, 2.05) is 0 Å². The van der Waals surface area contributed by atoms with Crippen LogP contribution in [-0.4, -0.2) is 16.6 Å². The van der Waals surface area contributed by atoms with Gasteiger partial charge in [0.1, 0.15) is 0 Å². The summed E-state index contributed by atoms with van der Waals surface area (Å²) in [6.07, 6.45) is -1.73. The van der Waals surface area contributed by atoms with Crippen molar-refractivity contribution in [1.82, 2.24) is 0 Å². The molecule has 0 aromatic rings. The lowest BCUT2D eigenvalue weighted by Crippen LogP contribution is -2.38. The van der Waals surface area contributed by atoms with E-state index < -0.39 is 22.1 Å². The van der Waals surface area contributed by atoms with Crippen molar-refractivity contribution in [1.29, 1.82) is 0 Å². The fourth-order valence-electron chi connectivity index (χ4n) is 0.864. The number of hydrogen-bond donors (Lipinski definition) is 1. The molecule has 6 heteroatoms. The molecule has 1 rings (SSSR count). The summed E-state index contributed by atoms with van der Waals surface area (Å²) < 4.78 is 34.7. The lowest BCUT2D eigenvalue weighted by molar-refractivity contribution is -0.0887. The largest absolute Gasteiger partial charge is 0.416 e. The van der Waals surface area contributed by atoms with Crippen LogP contribution in [-0.2, 0) is 0 Å². The molecule has 1 unspecified atom stereocenters. The SMILES string of the molecule is NC1C=CC(C(F)(F)F)=CC1(Cl)Cl. The molecule has 0 radical (unpaired) electrons. The first-order valence-corrected chi connectivity index (χ1v) is 4.11. The van der Waals surface area contributed by atoms with Gasteiger partial charge >= 0.3 is 6.18 Å². The maximum absolute atomic E-state index is 12.1. The maximum atomic E-state index is 12.1. The molecule has 0 heterocycles. The van der Waals surface area contributed by atoms with Crippen LogP contribution in [0.15, 0.2) is 23.8 Å². The topological polar surface area (TPSA) is 26.0 Å². The summed E-state index contributed by atoms with van der Waals surface area (Å²) in [4.78, 5) is 0. The van der Waals surface area contributed by atoms with Crippen LogP contribution in [0.4, 0.5) is 13.2 Å². The van der Waals surface area contributed by atoms with E-state index in [9.17, 15) is 13.2 Å². The van der Waals surface area contributed by atoms with Gasteiger partial charge in [0.05, 0.1) is 11.6 Å². The van der Waals surface area contributed by atoms with Gasteiger partial charge in [0.15, 0.2) is 4.33 Å². The van der Waals surface area contributed by atoms with Crippen molar-refractivity contribution in [3.63, 3.8) is 0 Å². The molecule has 0 amide bonds. The highest BCUT2D eigenvalue weighted by Crippen LogP contribution is 2.37. The second-order valence-corrected chi connectivity index (χ2v) is 4.10. The molecule has 0 saturated carbocycles. The van der Waals surface area contributed by atoms with Crippen molar-refractivity contribution < 1.29 is 13.2 Å². The summed E-state index contributed by atoms with van der Waals surface area (Å²) in [5.41, 5.74) is 4.48. The van der Waals surface area contributed by atoms with Gasteiger partial charge in [-0.05, 0) is 6.08 Å². The summed E-state index contributed by atoms with van der Waals surface area (Å²) >= 11 is 11.1. The standard InChI is InChI=1S/C7H6Cl2F3N/c8-6(9)3-4(7(10,11)12)1-2-5(6)13/h1-3,5H,13H2. The Morgan fingerprint density at radius 2 is 1.92 bits per heavy atom. The maximum Gasteiger partial charge on any atom is 0.416 e. The normalized spacial score (nSPS) is 27.2. The quantitative estimate of drug-likeness (QED) is 0.638. The smallest absolute Gasteiger partial charge is 0.322 e. The Labute approximate surface area is 83.0 Å². The summed E-state index contributed by atoms with van der Waals surface area (Å²) in [6, 6.07) is -0.818. The van der Waals surface area contributed by atoms with Gasteiger partial charge in [-0.1, -0.05) is 35.4 Å². The van der Waals surface area contributed by atoms with Crippen LogP contribution in [0.3, 0.4) is 0 Å². The summed E-state index contributed by atoms with van der Waals surface area (Å²) in [5, 5.41) is 0. The van der Waals surface area contributed by atoms with Gasteiger partial charge in [-0.2, -0.15) is 13.2 Å². The molecule has 2 N–H and O–H groups in total. The zero-order valence-corrected chi connectivity index (χ0v) is 7.79. The Morgan fingerprint density at radius 3 is 2.31 bits per heavy atom. The number of nitrogens with two attached hydrogens (primary N) is 1. The van der Waals surface area contributed by atoms with Crippen LogP contribution in [0.5, 0.6) is 0 Å². The van der Waals surface area contributed by atoms with E-state index in [1.165, 1.54) is 0 Å². The lowest BCUT2D eigenvalue weighted by Gasteiger charge is -2.26. The first-order chi connectivity index (χ1) is 5.73. The highest BCUT2D eigenvalue weighted by Gasteiger charge is 2.39. The van der Waals surface area contributed by atoms with Crippen LogP contribution in [0.25, 0.3) is 0 Å². The molecule has 1 nitrogen and oxygen atoms in total. The average molecular weight is 232 g/mol. The van der Waals surface area contributed by atoms with Gasteiger partial charge in [-0.3, -0.25) is 0 Å². The minimum absolute atomic E-state index is 0.709. The van der Waals surface area contributed by atoms with Crippen LogP contribution < -0.4 is 5.73 Å². The average Bonchev–Trinajstić information content (AvgIpc) is 1.92. The van der Waals surface area contributed by atoms with Crippen LogP contribution in [0, 0.1) is 0 Å². The molecule has 0 aromatic carbocycles. The molecular weight excluding hydrogens is 226 g/mol. The van der Waals surface area contributed by atoms with Crippen LogP contribution in [0.2, 0.25) is 0 Å². The third-order valence-corrected chi connectivity index (χ3v) is 2.32. The van der Waals surface area contributed by atoms with E-state index in [0.717, 1.165) is 12.2 Å². The summed E-state index contributed by atoms with van der Waals surface area (Å²) in [5.74, 6) is 0. The first kappa shape index (κ1) is 10.9. The number of allylic oxidation sites excluding steroid dienone is 2. The third kappa shape index (κ3) is 2.39. The Hall–Kier alpha value is -0.190. The molecule has 74 valence electrons. The Bertz CT molecular complexity index is 267. The second kappa shape index (κ2) is 3.19. The molecule has 1 atom stereocenters. The third-order valence-electron chi connectivity index (χ3n) is 1.60. The molecule has 1 aliphatic carbocycles. The molecule has 0 bridgehead atoms. The van der Waals surface area contributed by atoms with E-state index in [0.29, 0.717) is 6.08 Å². The minimum atomic E-state index is -4.44. The molecular formula is C7H6Cl2F3N. The van der Waals surface area contributed by atoms with Crippen LogP contribution in [0.1, 0.15) is 0 Å². The Kier molecular flexibility index (Phi) is 2.67. The van der Waals surface area contributed by atoms with Gasteiger partial charge in [-0.25, -0.2) is 0 Å². The van der Waals surface area contributed by atoms with E-state index in [4.69, 9.17) is 28.9 Å². The van der Waals surface area contributed by atoms with Crippen molar-refractivity contribution in [2.75, 3.05) is 0 Å². The van der Waals surface area contributed by atoms with Gasteiger partial charge in [0.25, 0.3) is 0 Å². The summed E-state index contributed by atoms with van der Waals surface area (Å²) in [7, 11) is 0. The molecule has 0 spiro atoms. The number of hydrogen-bond acceptors (Lipinski definition) is 1. The van der Waals surface area contributed by atoms with Crippen molar-refractivity contribution >= 4 is 23.2 Å². The van der Waals surface area contributed by atoms with Gasteiger partial charge < -0.3 is 5.73 Å². The number of alkyl halides is 5. The van der Waals surface area contributed by atoms with E-state index in [2.05, 4.69) is 0 Å². The van der Waals surface area contributed by atoms with Crippen molar-refractivity contribution in [3.8, 4) is 0 Å². The van der Waals surface area contributed by atoms with E-state index >= 15 is 0 Å². The minimum Gasteiger partial charge on any atom is -0.322 e. The van der Waals surface area contributed by atoms with E-state index in [1.54, 1.807) is 0 Å². The van der Waals surface area contributed by atoms with Gasteiger partial charge in [0, 0.05) is 0 Å². The highest BCUT2D eigenvalue weighted by molar-refractivity contribution is 6.50. The van der Waals surface area contributed by atoms with E-state index in [-0.39, 0.29) is 0 Å². The highest BCUT2D eigenvalue weighted by atomic mass is 35.5. The molecule has 0 aliphatic heterocycles. The molecule has 13 heavy (non-hydrogen) atoms. The predicted octanol–water partition coefficient (Wildman–Crippen LogP) is 2.55. The Morgan fingerprint density at radius 1 is 1.38 bits per heavy atom. The Balaban J connectivity index is 2.99. The monoisotopic (exact) mass is 231 g/mol. The fraction of sp³-hybridized carbons (Fsp3) is 0.429. The van der Waals surface area contributed by atoms with Gasteiger partial charge in [0.2, 0.25) is 0 Å². The van der Waals surface area contributed by atoms with Gasteiger partial charge in [-0.15, -0.1) is 0 Å².